The lowest BCUT2D eigenvalue weighted by Gasteiger charge is -2.42. The fourth-order valence-electron chi connectivity index (χ4n) is 4.00. The molecule has 138 valence electrons. The van der Waals surface area contributed by atoms with Gasteiger partial charge in [-0.3, -0.25) is 0 Å². The van der Waals surface area contributed by atoms with Gasteiger partial charge in [0, 0.05) is 22.5 Å². The van der Waals surface area contributed by atoms with Gasteiger partial charge in [-0.05, 0) is 43.0 Å². The zero-order chi connectivity index (χ0) is 19.2. The van der Waals surface area contributed by atoms with E-state index < -0.39 is 5.72 Å². The van der Waals surface area contributed by atoms with Crippen LogP contribution in [0.3, 0.4) is 0 Å². The number of pyridine rings is 1. The minimum Gasteiger partial charge on any atom is -0.365 e. The van der Waals surface area contributed by atoms with Crippen LogP contribution in [0, 0.1) is 24.2 Å². The van der Waals surface area contributed by atoms with Crippen molar-refractivity contribution in [2.75, 3.05) is 0 Å². The molecule has 6 heteroatoms. The normalized spacial score (nSPS) is 27.8. The van der Waals surface area contributed by atoms with Gasteiger partial charge in [0.25, 0.3) is 0 Å². The Morgan fingerprint density at radius 2 is 1.85 bits per heavy atom. The Bertz CT molecular complexity index is 931. The van der Waals surface area contributed by atoms with Gasteiger partial charge in [0.15, 0.2) is 12.4 Å². The number of benzene rings is 1. The minimum absolute atomic E-state index is 0.136. The Balaban J connectivity index is 1.93. The predicted octanol–water partition coefficient (Wildman–Crippen LogP) is 3.74. The molecule has 2 aromatic rings. The maximum atomic E-state index is 11.7. The quantitative estimate of drug-likeness (QED) is 0.501. The number of hydrogen-bond donors (Lipinski definition) is 3. The maximum absolute atomic E-state index is 11.7. The molecule has 3 atom stereocenters. The summed E-state index contributed by atoms with van der Waals surface area (Å²) in [4.78, 5) is 0. The van der Waals surface area contributed by atoms with Crippen LogP contribution in [0.1, 0.15) is 35.9 Å². The number of thiol groups is 1. The van der Waals surface area contributed by atoms with E-state index in [1.807, 2.05) is 60.3 Å². The molecule has 27 heavy (non-hydrogen) atoms. The van der Waals surface area contributed by atoms with Crippen molar-refractivity contribution < 1.29 is 9.67 Å². The van der Waals surface area contributed by atoms with Crippen LogP contribution in [0.5, 0.6) is 0 Å². The molecule has 1 aromatic carbocycles. The minimum atomic E-state index is -1.16. The molecule has 0 amide bonds. The van der Waals surface area contributed by atoms with Crippen molar-refractivity contribution in [3.8, 4) is 6.07 Å². The van der Waals surface area contributed by atoms with Gasteiger partial charge in [0.2, 0.25) is 11.8 Å². The molecule has 0 spiro atoms. The highest BCUT2D eigenvalue weighted by Crippen LogP contribution is 2.52. The summed E-state index contributed by atoms with van der Waals surface area (Å²) < 4.78 is 3.01. The molecular weight excluding hydrogens is 422 g/mol. The zero-order valence-electron chi connectivity index (χ0n) is 14.9. The summed E-state index contributed by atoms with van der Waals surface area (Å²) in [5.74, 6) is -0.160. The van der Waals surface area contributed by atoms with Crippen molar-refractivity contribution in [3.05, 3.63) is 75.0 Å². The third kappa shape index (κ3) is 3.29. The van der Waals surface area contributed by atoms with Crippen LogP contribution >= 0.6 is 28.6 Å². The van der Waals surface area contributed by atoms with Crippen LogP contribution in [-0.2, 0) is 0 Å². The summed E-state index contributed by atoms with van der Waals surface area (Å²) in [6, 6.07) is 14.0. The highest BCUT2D eigenvalue weighted by atomic mass is 79.9. The first kappa shape index (κ1) is 18.5. The largest absolute Gasteiger partial charge is 0.365 e. The van der Waals surface area contributed by atoms with Crippen LogP contribution in [0.2, 0.25) is 0 Å². The highest BCUT2D eigenvalue weighted by Gasteiger charge is 2.60. The van der Waals surface area contributed by atoms with Gasteiger partial charge in [0.1, 0.15) is 0 Å². The van der Waals surface area contributed by atoms with Crippen LogP contribution < -0.4 is 9.88 Å². The summed E-state index contributed by atoms with van der Waals surface area (Å²) in [5.41, 5.74) is 1.52. The molecule has 0 radical (unpaired) electrons. The van der Waals surface area contributed by atoms with E-state index in [1.54, 1.807) is 0 Å². The number of aliphatic hydroxyl groups is 1. The Kier molecular flexibility index (Phi) is 4.79. The first-order valence-electron chi connectivity index (χ1n) is 9.00. The second-order valence-corrected chi connectivity index (χ2v) is 8.76. The lowest BCUT2D eigenvalue weighted by molar-refractivity contribution is -0.742. The van der Waals surface area contributed by atoms with Crippen LogP contribution in [0.15, 0.2) is 63.9 Å². The summed E-state index contributed by atoms with van der Waals surface area (Å²) >= 11 is 8.02. The number of nitrogens with one attached hydrogen (secondary N) is 1. The number of nitrogens with zero attached hydrogens (tertiary/aromatic N) is 2. The number of hydrogen-bond acceptors (Lipinski definition) is 4. The number of allylic oxidation sites excluding steroid dienone is 1. The Labute approximate surface area is 173 Å². The van der Waals surface area contributed by atoms with Crippen molar-refractivity contribution >= 4 is 28.6 Å². The van der Waals surface area contributed by atoms with Gasteiger partial charge in [-0.2, -0.15) is 9.83 Å². The Morgan fingerprint density at radius 3 is 2.41 bits per heavy atom. The highest BCUT2D eigenvalue weighted by molar-refractivity contribution is 9.10. The Morgan fingerprint density at radius 1 is 1.22 bits per heavy atom. The van der Waals surface area contributed by atoms with Crippen LogP contribution in [-0.4, -0.2) is 10.8 Å². The van der Waals surface area contributed by atoms with E-state index in [2.05, 4.69) is 39.9 Å². The standard InChI is InChI=1S/C21H20BrN3OS/c1-13-8-10-25(11-9-13)19-18(14-2-6-16(22)7-3-14)17(12-23)20(27)24-21(19,26)15-4-5-15/h2-3,6-11,15,18-19,24,26H,4-5H2,1H3/p+1. The molecule has 1 aromatic heterocycles. The lowest BCUT2D eigenvalue weighted by atomic mass is 9.76. The second kappa shape index (κ2) is 6.97. The van der Waals surface area contributed by atoms with Crippen molar-refractivity contribution in [1.82, 2.24) is 5.32 Å². The molecule has 0 saturated heterocycles. The van der Waals surface area contributed by atoms with E-state index in [1.165, 1.54) is 0 Å². The number of aromatic nitrogens is 1. The predicted molar refractivity (Wildman–Crippen MR) is 110 cm³/mol. The monoisotopic (exact) mass is 442 g/mol. The number of halogens is 1. The maximum Gasteiger partial charge on any atom is 0.217 e. The molecule has 1 aliphatic carbocycles. The van der Waals surface area contributed by atoms with E-state index in [4.69, 9.17) is 0 Å². The Hall–Kier alpha value is -1.81. The summed E-state index contributed by atoms with van der Waals surface area (Å²) in [6.07, 6.45) is 5.89. The molecule has 1 aliphatic heterocycles. The molecule has 2 N–H and O–H groups in total. The van der Waals surface area contributed by atoms with E-state index in [0.717, 1.165) is 28.4 Å². The smallest absolute Gasteiger partial charge is 0.217 e. The van der Waals surface area contributed by atoms with Crippen LogP contribution in [0.25, 0.3) is 0 Å². The van der Waals surface area contributed by atoms with Gasteiger partial charge in [-0.1, -0.05) is 28.1 Å². The third-order valence-corrected chi connectivity index (χ3v) is 6.42. The first-order valence-corrected chi connectivity index (χ1v) is 10.2. The molecule has 3 unspecified atom stereocenters. The van der Waals surface area contributed by atoms with Crippen molar-refractivity contribution in [2.45, 2.75) is 37.5 Å². The van der Waals surface area contributed by atoms with E-state index >= 15 is 0 Å². The van der Waals surface area contributed by atoms with E-state index in [0.29, 0.717) is 10.6 Å². The third-order valence-electron chi connectivity index (χ3n) is 5.54. The lowest BCUT2D eigenvalue weighted by Crippen LogP contribution is -2.65. The van der Waals surface area contributed by atoms with Gasteiger partial charge in [0.05, 0.1) is 22.6 Å². The van der Waals surface area contributed by atoms with Gasteiger partial charge >= 0.3 is 0 Å². The molecule has 4 rings (SSSR count). The van der Waals surface area contributed by atoms with E-state index in [-0.39, 0.29) is 17.9 Å². The van der Waals surface area contributed by atoms with Crippen molar-refractivity contribution in [1.29, 1.82) is 5.26 Å². The average Bonchev–Trinajstić information content (AvgIpc) is 3.49. The molecule has 4 nitrogen and oxygen atoms in total. The molecule has 1 saturated carbocycles. The van der Waals surface area contributed by atoms with Gasteiger partial charge in [-0.15, -0.1) is 12.6 Å². The van der Waals surface area contributed by atoms with Gasteiger partial charge < -0.3 is 10.4 Å². The molecule has 1 fully saturated rings. The van der Waals surface area contributed by atoms with Gasteiger partial charge in [-0.25, -0.2) is 0 Å². The number of rotatable bonds is 3. The first-order chi connectivity index (χ1) is 12.9. The molecule has 2 aliphatic rings. The fraction of sp³-hybridized carbons (Fsp3) is 0.333. The molecule has 2 heterocycles. The van der Waals surface area contributed by atoms with Crippen molar-refractivity contribution in [2.24, 2.45) is 5.92 Å². The number of aryl methyl sites for hydroxylation is 1. The topological polar surface area (TPSA) is 59.9 Å². The number of nitriles is 1. The average molecular weight is 443 g/mol. The fourth-order valence-corrected chi connectivity index (χ4v) is 4.63. The second-order valence-electron chi connectivity index (χ2n) is 7.40. The van der Waals surface area contributed by atoms with E-state index in [9.17, 15) is 10.4 Å². The SMILES string of the molecule is Cc1cc[n+](C2C(c3ccc(Br)cc3)C(C#N)=C(S)NC2(O)C2CC2)cc1. The van der Waals surface area contributed by atoms with Crippen LogP contribution in [0.4, 0.5) is 0 Å². The molecular formula is C21H21BrN3OS+. The molecule has 0 bridgehead atoms. The summed E-state index contributed by atoms with van der Waals surface area (Å²) in [6.45, 7) is 2.04. The van der Waals surface area contributed by atoms with Crippen molar-refractivity contribution in [3.63, 3.8) is 0 Å². The summed E-state index contributed by atoms with van der Waals surface area (Å²) in [7, 11) is 0. The zero-order valence-corrected chi connectivity index (χ0v) is 17.4. The summed E-state index contributed by atoms with van der Waals surface area (Å²) in [5, 5.41) is 25.3.